The van der Waals surface area contributed by atoms with Crippen molar-refractivity contribution in [1.82, 2.24) is 24.3 Å². The van der Waals surface area contributed by atoms with Gasteiger partial charge >= 0.3 is 0 Å². The van der Waals surface area contributed by atoms with Crippen molar-refractivity contribution in [3.05, 3.63) is 65.6 Å². The van der Waals surface area contributed by atoms with Crippen LogP contribution in [-0.2, 0) is 6.54 Å². The molecule has 0 spiro atoms. The highest BCUT2D eigenvalue weighted by Gasteiger charge is 2.15. The summed E-state index contributed by atoms with van der Waals surface area (Å²) >= 11 is 6.40. The lowest BCUT2D eigenvalue weighted by molar-refractivity contribution is 0.217. The molecular formula is C22H23ClN6O2. The van der Waals surface area contributed by atoms with Crippen LogP contribution in [0.2, 0.25) is 5.15 Å². The summed E-state index contributed by atoms with van der Waals surface area (Å²) in [5, 5.41) is 12.8. The van der Waals surface area contributed by atoms with Crippen molar-refractivity contribution < 1.29 is 9.84 Å². The molecule has 0 bridgehead atoms. The lowest BCUT2D eigenvalue weighted by atomic mass is 10.1. The molecule has 0 atom stereocenters. The van der Waals surface area contributed by atoms with Gasteiger partial charge in [-0.3, -0.25) is 9.30 Å². The molecule has 160 valence electrons. The molecule has 4 aromatic rings. The summed E-state index contributed by atoms with van der Waals surface area (Å²) in [5.41, 5.74) is 3.92. The van der Waals surface area contributed by atoms with E-state index in [1.54, 1.807) is 19.4 Å². The minimum absolute atomic E-state index is 0.115. The Bertz CT molecular complexity index is 1200. The van der Waals surface area contributed by atoms with Crippen LogP contribution in [0.1, 0.15) is 5.56 Å². The first-order valence-corrected chi connectivity index (χ1v) is 10.2. The molecule has 4 rings (SSSR count). The normalized spacial score (nSPS) is 11.3. The van der Waals surface area contributed by atoms with E-state index in [0.717, 1.165) is 16.9 Å². The lowest BCUT2D eigenvalue weighted by Crippen LogP contribution is -2.21. The third-order valence-corrected chi connectivity index (χ3v) is 5.09. The first-order valence-electron chi connectivity index (χ1n) is 9.78. The number of pyridine rings is 1. The molecule has 0 aliphatic heterocycles. The molecule has 31 heavy (non-hydrogen) atoms. The third-order valence-electron chi connectivity index (χ3n) is 4.83. The second-order valence-corrected chi connectivity index (χ2v) is 7.42. The van der Waals surface area contributed by atoms with Crippen molar-refractivity contribution in [3.8, 4) is 17.1 Å². The Kier molecular flexibility index (Phi) is 6.31. The molecule has 1 aromatic carbocycles. The first-order chi connectivity index (χ1) is 15.1. The van der Waals surface area contributed by atoms with Crippen LogP contribution in [-0.4, -0.2) is 56.7 Å². The van der Waals surface area contributed by atoms with Gasteiger partial charge in [0, 0.05) is 25.5 Å². The number of benzene rings is 1. The number of rotatable bonds is 8. The Balaban J connectivity index is 1.65. The summed E-state index contributed by atoms with van der Waals surface area (Å²) in [5.74, 6) is 1.09. The predicted molar refractivity (Wildman–Crippen MR) is 121 cm³/mol. The maximum absolute atomic E-state index is 9.13. The largest absolute Gasteiger partial charge is 0.495 e. The quantitative estimate of drug-likeness (QED) is 0.434. The Morgan fingerprint density at radius 2 is 2.06 bits per heavy atom. The van der Waals surface area contributed by atoms with Gasteiger partial charge in [-0.15, -0.1) is 0 Å². The van der Waals surface area contributed by atoms with Crippen molar-refractivity contribution in [3.63, 3.8) is 0 Å². The van der Waals surface area contributed by atoms with Gasteiger partial charge in [-0.25, -0.2) is 15.0 Å². The van der Waals surface area contributed by atoms with Gasteiger partial charge in [-0.1, -0.05) is 23.7 Å². The molecule has 0 aliphatic rings. The summed E-state index contributed by atoms with van der Waals surface area (Å²) in [4.78, 5) is 15.4. The fourth-order valence-corrected chi connectivity index (χ4v) is 3.65. The second-order valence-electron chi connectivity index (χ2n) is 7.07. The summed E-state index contributed by atoms with van der Waals surface area (Å²) in [6.07, 6.45) is 3.57. The van der Waals surface area contributed by atoms with E-state index in [2.05, 4.69) is 20.3 Å². The number of aromatic nitrogens is 4. The van der Waals surface area contributed by atoms with E-state index in [1.165, 1.54) is 0 Å². The topological polar surface area (TPSA) is 87.8 Å². The van der Waals surface area contributed by atoms with Crippen molar-refractivity contribution in [2.24, 2.45) is 0 Å². The van der Waals surface area contributed by atoms with Crippen LogP contribution in [0.3, 0.4) is 0 Å². The smallest absolute Gasteiger partial charge is 0.227 e. The van der Waals surface area contributed by atoms with Gasteiger partial charge in [0.25, 0.3) is 0 Å². The Labute approximate surface area is 185 Å². The summed E-state index contributed by atoms with van der Waals surface area (Å²) < 4.78 is 7.39. The molecule has 0 amide bonds. The van der Waals surface area contributed by atoms with Gasteiger partial charge in [0.15, 0.2) is 5.15 Å². The number of nitrogens with zero attached hydrogens (tertiary/aromatic N) is 5. The Hall–Kier alpha value is -3.20. The molecule has 0 unspecified atom stereocenters. The van der Waals surface area contributed by atoms with Gasteiger partial charge in [-0.05, 0) is 42.9 Å². The van der Waals surface area contributed by atoms with E-state index in [9.17, 15) is 0 Å². The maximum Gasteiger partial charge on any atom is 0.227 e. The van der Waals surface area contributed by atoms with Gasteiger partial charge in [0.1, 0.15) is 17.1 Å². The number of hydrogen-bond donors (Lipinski definition) is 2. The first kappa shape index (κ1) is 21.0. The van der Waals surface area contributed by atoms with Gasteiger partial charge in [-0.2, -0.15) is 0 Å². The predicted octanol–water partition coefficient (Wildman–Crippen LogP) is 3.62. The van der Waals surface area contributed by atoms with Crippen LogP contribution in [0.5, 0.6) is 5.75 Å². The highest BCUT2D eigenvalue weighted by molar-refractivity contribution is 6.32. The van der Waals surface area contributed by atoms with Crippen LogP contribution in [0.25, 0.3) is 17.0 Å². The zero-order valence-corrected chi connectivity index (χ0v) is 18.0. The van der Waals surface area contributed by atoms with Crippen molar-refractivity contribution in [2.75, 3.05) is 32.6 Å². The molecule has 8 nitrogen and oxygen atoms in total. The summed E-state index contributed by atoms with van der Waals surface area (Å²) in [6, 6.07) is 13.4. The number of nitrogens with one attached hydrogen (secondary N) is 1. The molecular weight excluding hydrogens is 416 g/mol. The number of anilines is 2. The molecule has 2 N–H and O–H groups in total. The van der Waals surface area contributed by atoms with Crippen LogP contribution in [0.15, 0.2) is 54.9 Å². The number of aliphatic hydroxyl groups is 1. The third kappa shape index (κ3) is 4.61. The molecule has 0 saturated carbocycles. The lowest BCUT2D eigenvalue weighted by Gasteiger charge is -2.17. The van der Waals surface area contributed by atoms with Crippen molar-refractivity contribution in [2.45, 2.75) is 6.54 Å². The van der Waals surface area contributed by atoms with E-state index in [-0.39, 0.29) is 6.61 Å². The highest BCUT2D eigenvalue weighted by atomic mass is 35.5. The minimum atomic E-state index is 0.115. The Morgan fingerprint density at radius 3 is 2.87 bits per heavy atom. The number of hydrogen-bond acceptors (Lipinski definition) is 7. The van der Waals surface area contributed by atoms with Crippen LogP contribution in [0.4, 0.5) is 11.6 Å². The number of fused-ring (bicyclic) bond motifs is 1. The van der Waals surface area contributed by atoms with E-state index < -0.39 is 0 Å². The minimum Gasteiger partial charge on any atom is -0.495 e. The summed E-state index contributed by atoms with van der Waals surface area (Å²) in [6.45, 7) is 1.40. The molecule has 0 radical (unpaired) electrons. The molecule has 3 heterocycles. The van der Waals surface area contributed by atoms with Gasteiger partial charge in [0.05, 0.1) is 25.1 Å². The second kappa shape index (κ2) is 9.30. The number of likely N-dealkylation sites (N-methyl/N-ethyl adjacent to an activating group) is 1. The zero-order valence-electron chi connectivity index (χ0n) is 17.3. The monoisotopic (exact) mass is 438 g/mol. The number of ether oxygens (including phenoxy) is 1. The number of halogens is 1. The maximum atomic E-state index is 9.13. The molecule has 0 saturated heterocycles. The van der Waals surface area contributed by atoms with Crippen molar-refractivity contribution >= 4 is 28.9 Å². The molecule has 0 aliphatic carbocycles. The number of aliphatic hydroxyl groups excluding tert-OH is 1. The van der Waals surface area contributed by atoms with Crippen molar-refractivity contribution in [1.29, 1.82) is 0 Å². The average molecular weight is 439 g/mol. The number of methoxy groups -OCH3 is 1. The summed E-state index contributed by atoms with van der Waals surface area (Å²) in [7, 11) is 3.58. The molecule has 3 aromatic heterocycles. The standard InChI is InChI=1S/C22H23ClN6O2/c1-28(11-12-30)14-15-6-7-18(31-2)17(13-15)26-22-24-9-8-16(25-22)20-21(23)27-19-5-3-4-10-29(19)20/h3-10,13,30H,11-12,14H2,1-2H3,(H,24,25,26). The molecule has 0 fully saturated rings. The van der Waals surface area contributed by atoms with Gasteiger partial charge < -0.3 is 15.2 Å². The highest BCUT2D eigenvalue weighted by Crippen LogP contribution is 2.30. The van der Waals surface area contributed by atoms with Crippen LogP contribution < -0.4 is 10.1 Å². The van der Waals surface area contributed by atoms with E-state index >= 15 is 0 Å². The van der Waals surface area contributed by atoms with Crippen LogP contribution >= 0.6 is 11.6 Å². The zero-order chi connectivity index (χ0) is 21.8. The van der Waals surface area contributed by atoms with Gasteiger partial charge in [0.2, 0.25) is 5.95 Å². The Morgan fingerprint density at radius 1 is 1.19 bits per heavy atom. The number of imidazole rings is 1. The fraction of sp³-hybridized carbons (Fsp3) is 0.227. The van der Waals surface area contributed by atoms with Crippen LogP contribution in [0, 0.1) is 0 Å². The van der Waals surface area contributed by atoms with E-state index in [1.807, 2.05) is 58.9 Å². The average Bonchev–Trinajstić information content (AvgIpc) is 3.10. The van der Waals surface area contributed by atoms with E-state index in [4.69, 9.17) is 21.4 Å². The fourth-order valence-electron chi connectivity index (χ4n) is 3.38. The van der Waals surface area contributed by atoms with E-state index in [0.29, 0.717) is 41.3 Å². The molecule has 9 heteroatoms. The SMILES string of the molecule is COc1ccc(CN(C)CCO)cc1Nc1nccc(-c2c(Cl)nc3ccccn23)n1.